The lowest BCUT2D eigenvalue weighted by Crippen LogP contribution is -2.05. The summed E-state index contributed by atoms with van der Waals surface area (Å²) in [4.78, 5) is 0. The fraction of sp³-hybridized carbons (Fsp3) is 0.200. The Morgan fingerprint density at radius 3 is 2.61 bits per heavy atom. The van der Waals surface area contributed by atoms with E-state index < -0.39 is 0 Å². The molecule has 2 N–H and O–H groups in total. The molecule has 0 aliphatic rings. The van der Waals surface area contributed by atoms with Crippen molar-refractivity contribution in [3.63, 3.8) is 0 Å². The molecule has 3 nitrogen and oxygen atoms in total. The highest BCUT2D eigenvalue weighted by molar-refractivity contribution is 5.30. The van der Waals surface area contributed by atoms with E-state index in [4.69, 9.17) is 4.74 Å². The van der Waals surface area contributed by atoms with Crippen LogP contribution < -0.4 is 10.1 Å². The van der Waals surface area contributed by atoms with Gasteiger partial charge in [-0.2, -0.15) is 0 Å². The van der Waals surface area contributed by atoms with Gasteiger partial charge in [-0.3, -0.25) is 0 Å². The lowest BCUT2D eigenvalue weighted by Gasteiger charge is -2.08. The number of ether oxygens (including phenoxy) is 1. The van der Waals surface area contributed by atoms with Crippen LogP contribution in [-0.2, 0) is 13.2 Å². The second-order valence-corrected chi connectivity index (χ2v) is 4.14. The number of phenols is 1. The van der Waals surface area contributed by atoms with Crippen molar-refractivity contribution in [3.8, 4) is 11.5 Å². The van der Waals surface area contributed by atoms with E-state index in [0.29, 0.717) is 6.61 Å². The summed E-state index contributed by atoms with van der Waals surface area (Å²) in [6.45, 7) is 1.28. The van der Waals surface area contributed by atoms with Gasteiger partial charge in [0.05, 0.1) is 0 Å². The van der Waals surface area contributed by atoms with Crippen molar-refractivity contribution in [2.75, 3.05) is 7.05 Å². The molecule has 0 fully saturated rings. The van der Waals surface area contributed by atoms with Crippen molar-refractivity contribution in [1.82, 2.24) is 5.32 Å². The van der Waals surface area contributed by atoms with Crippen LogP contribution in [0.3, 0.4) is 0 Å². The minimum Gasteiger partial charge on any atom is -0.508 e. The smallest absolute Gasteiger partial charge is 0.120 e. The van der Waals surface area contributed by atoms with Crippen LogP contribution in [0.5, 0.6) is 11.5 Å². The van der Waals surface area contributed by atoms with Crippen LogP contribution in [0.4, 0.5) is 0 Å². The molecule has 0 amide bonds. The van der Waals surface area contributed by atoms with Crippen LogP contribution >= 0.6 is 0 Å². The number of aromatic hydroxyl groups is 1. The Hall–Kier alpha value is -2.00. The van der Waals surface area contributed by atoms with Gasteiger partial charge in [0.25, 0.3) is 0 Å². The molecule has 2 aromatic rings. The highest BCUT2D eigenvalue weighted by Crippen LogP contribution is 2.17. The monoisotopic (exact) mass is 243 g/mol. The summed E-state index contributed by atoms with van der Waals surface area (Å²) in [7, 11) is 1.92. The van der Waals surface area contributed by atoms with Crippen LogP contribution in [0.2, 0.25) is 0 Å². The molecule has 0 aromatic heterocycles. The maximum atomic E-state index is 9.36. The van der Waals surface area contributed by atoms with Crippen molar-refractivity contribution in [2.45, 2.75) is 13.2 Å². The zero-order chi connectivity index (χ0) is 12.8. The van der Waals surface area contributed by atoms with Gasteiger partial charge in [-0.25, -0.2) is 0 Å². The maximum Gasteiger partial charge on any atom is 0.120 e. The van der Waals surface area contributed by atoms with E-state index in [0.717, 1.165) is 17.9 Å². The fourth-order valence-electron chi connectivity index (χ4n) is 1.76. The third-order valence-corrected chi connectivity index (χ3v) is 2.60. The number of hydrogen-bond donors (Lipinski definition) is 2. The van der Waals surface area contributed by atoms with Gasteiger partial charge in [0.2, 0.25) is 0 Å². The van der Waals surface area contributed by atoms with Gasteiger partial charge < -0.3 is 15.2 Å². The zero-order valence-electron chi connectivity index (χ0n) is 10.4. The molecule has 0 saturated heterocycles. The summed E-state index contributed by atoms with van der Waals surface area (Å²) in [5, 5.41) is 12.5. The predicted octanol–water partition coefficient (Wildman–Crippen LogP) is 2.69. The maximum absolute atomic E-state index is 9.36. The first-order chi connectivity index (χ1) is 8.78. The molecule has 3 heteroatoms. The average molecular weight is 243 g/mol. The van der Waals surface area contributed by atoms with Crippen LogP contribution in [0, 0.1) is 0 Å². The second-order valence-electron chi connectivity index (χ2n) is 4.14. The molecular weight excluding hydrogens is 226 g/mol. The number of benzene rings is 2. The van der Waals surface area contributed by atoms with Gasteiger partial charge in [0, 0.05) is 6.54 Å². The Kier molecular flexibility index (Phi) is 4.20. The summed E-state index contributed by atoms with van der Waals surface area (Å²) in [6, 6.07) is 15.1. The van der Waals surface area contributed by atoms with E-state index in [2.05, 4.69) is 11.4 Å². The van der Waals surface area contributed by atoms with Gasteiger partial charge in [0.15, 0.2) is 0 Å². The SMILES string of the molecule is CNCc1cccc(OCc2cccc(O)c2)c1. The quantitative estimate of drug-likeness (QED) is 0.848. The molecule has 2 rings (SSSR count). The minimum atomic E-state index is 0.264. The van der Waals surface area contributed by atoms with E-state index in [9.17, 15) is 5.11 Å². The molecular formula is C15H17NO2. The molecule has 0 aliphatic carbocycles. The van der Waals surface area contributed by atoms with E-state index in [-0.39, 0.29) is 5.75 Å². The topological polar surface area (TPSA) is 41.5 Å². The first-order valence-corrected chi connectivity index (χ1v) is 5.92. The Bertz CT molecular complexity index is 511. The van der Waals surface area contributed by atoms with E-state index in [1.165, 1.54) is 5.56 Å². The van der Waals surface area contributed by atoms with Gasteiger partial charge in [0.1, 0.15) is 18.1 Å². The average Bonchev–Trinajstić information content (AvgIpc) is 2.37. The Balaban J connectivity index is 1.99. The summed E-state index contributed by atoms with van der Waals surface area (Å²) in [5.41, 5.74) is 2.14. The summed E-state index contributed by atoms with van der Waals surface area (Å²) >= 11 is 0. The van der Waals surface area contributed by atoms with Crippen molar-refractivity contribution in [2.24, 2.45) is 0 Å². The molecule has 0 unspecified atom stereocenters. The normalized spacial score (nSPS) is 10.3. The van der Waals surface area contributed by atoms with Crippen LogP contribution in [0.25, 0.3) is 0 Å². The van der Waals surface area contributed by atoms with E-state index in [1.807, 2.05) is 37.4 Å². The first kappa shape index (κ1) is 12.5. The third-order valence-electron chi connectivity index (χ3n) is 2.60. The molecule has 94 valence electrons. The van der Waals surface area contributed by atoms with Crippen LogP contribution in [-0.4, -0.2) is 12.2 Å². The minimum absolute atomic E-state index is 0.264. The zero-order valence-corrected chi connectivity index (χ0v) is 10.4. The van der Waals surface area contributed by atoms with Crippen molar-refractivity contribution < 1.29 is 9.84 Å². The standard InChI is InChI=1S/C15H17NO2/c1-16-10-12-4-3-7-15(9-12)18-11-13-5-2-6-14(17)8-13/h2-9,16-17H,10-11H2,1H3. The largest absolute Gasteiger partial charge is 0.508 e. The molecule has 18 heavy (non-hydrogen) atoms. The second kappa shape index (κ2) is 6.07. The summed E-state index contributed by atoms with van der Waals surface area (Å²) < 4.78 is 5.70. The van der Waals surface area contributed by atoms with Gasteiger partial charge in [-0.15, -0.1) is 0 Å². The molecule has 0 aliphatic heterocycles. The fourth-order valence-corrected chi connectivity index (χ4v) is 1.76. The third kappa shape index (κ3) is 3.50. The van der Waals surface area contributed by atoms with Crippen molar-refractivity contribution in [1.29, 1.82) is 0 Å². The molecule has 0 bridgehead atoms. The Labute approximate surface area is 107 Å². The van der Waals surface area contributed by atoms with Gasteiger partial charge >= 0.3 is 0 Å². The number of hydrogen-bond acceptors (Lipinski definition) is 3. The molecule has 2 aromatic carbocycles. The van der Waals surface area contributed by atoms with E-state index in [1.54, 1.807) is 12.1 Å². The molecule has 0 spiro atoms. The number of phenolic OH excluding ortho intramolecular Hbond substituents is 1. The van der Waals surface area contributed by atoms with Crippen LogP contribution in [0.15, 0.2) is 48.5 Å². The van der Waals surface area contributed by atoms with E-state index >= 15 is 0 Å². The first-order valence-electron chi connectivity index (χ1n) is 5.92. The van der Waals surface area contributed by atoms with Crippen molar-refractivity contribution >= 4 is 0 Å². The van der Waals surface area contributed by atoms with Crippen molar-refractivity contribution in [3.05, 3.63) is 59.7 Å². The van der Waals surface area contributed by atoms with Crippen LogP contribution in [0.1, 0.15) is 11.1 Å². The number of rotatable bonds is 5. The lowest BCUT2D eigenvalue weighted by molar-refractivity contribution is 0.305. The van der Waals surface area contributed by atoms with Gasteiger partial charge in [-0.05, 0) is 42.4 Å². The molecule has 0 atom stereocenters. The van der Waals surface area contributed by atoms with Gasteiger partial charge in [-0.1, -0.05) is 24.3 Å². The Morgan fingerprint density at radius 2 is 1.83 bits per heavy atom. The predicted molar refractivity (Wildman–Crippen MR) is 71.6 cm³/mol. The molecule has 0 radical (unpaired) electrons. The highest BCUT2D eigenvalue weighted by Gasteiger charge is 1.98. The molecule has 0 saturated carbocycles. The summed E-state index contributed by atoms with van der Waals surface area (Å²) in [6.07, 6.45) is 0. The number of nitrogens with one attached hydrogen (secondary N) is 1. The summed E-state index contributed by atoms with van der Waals surface area (Å²) in [5.74, 6) is 1.10. The lowest BCUT2D eigenvalue weighted by atomic mass is 10.2. The Morgan fingerprint density at radius 1 is 1.06 bits per heavy atom. The highest BCUT2D eigenvalue weighted by atomic mass is 16.5. The molecule has 0 heterocycles.